The van der Waals surface area contributed by atoms with Crippen LogP contribution in [0.3, 0.4) is 0 Å². The minimum Gasteiger partial charge on any atom is -0.466 e. The normalized spacial score (nSPS) is 11.4. The van der Waals surface area contributed by atoms with Crippen LogP contribution in [0.2, 0.25) is 0 Å². The molecule has 0 aliphatic rings. The smallest absolute Gasteiger partial charge is 0.305 e. The van der Waals surface area contributed by atoms with Crippen molar-refractivity contribution in [2.75, 3.05) is 12.4 Å². The minimum absolute atomic E-state index is 0.0465. The van der Waals surface area contributed by atoms with Gasteiger partial charge in [0.2, 0.25) is 10.0 Å². The zero-order valence-corrected chi connectivity index (χ0v) is 10.6. The van der Waals surface area contributed by atoms with E-state index in [2.05, 4.69) is 0 Å². The number of nitrogens with two attached hydrogens (primary N) is 1. The van der Waals surface area contributed by atoms with Crippen LogP contribution in [0.25, 0.3) is 0 Å². The lowest BCUT2D eigenvalue weighted by atomic mass is 10.1. The number of primary sulfonamides is 1. The molecule has 0 aromatic rings. The van der Waals surface area contributed by atoms with E-state index >= 15 is 0 Å². The molecule has 0 aromatic carbocycles. The van der Waals surface area contributed by atoms with Crippen molar-refractivity contribution in [3.8, 4) is 0 Å². The molecule has 0 aliphatic carbocycles. The molecule has 0 fully saturated rings. The van der Waals surface area contributed by atoms with Gasteiger partial charge in [0, 0.05) is 6.42 Å². The quantitative estimate of drug-likeness (QED) is 0.492. The summed E-state index contributed by atoms with van der Waals surface area (Å²) in [5.74, 6) is -0.114. The maximum Gasteiger partial charge on any atom is 0.305 e. The molecule has 2 N–H and O–H groups in total. The van der Waals surface area contributed by atoms with E-state index in [9.17, 15) is 13.2 Å². The topological polar surface area (TPSA) is 86.5 Å². The van der Waals surface area contributed by atoms with Gasteiger partial charge < -0.3 is 4.74 Å². The van der Waals surface area contributed by atoms with Gasteiger partial charge in [-0.3, -0.25) is 4.79 Å². The Balaban J connectivity index is 3.25. The molecule has 96 valence electrons. The number of esters is 1. The first-order valence-corrected chi connectivity index (χ1v) is 7.33. The molecule has 0 heterocycles. The van der Waals surface area contributed by atoms with Gasteiger partial charge in [-0.1, -0.05) is 19.3 Å². The van der Waals surface area contributed by atoms with Gasteiger partial charge >= 0.3 is 5.97 Å². The van der Waals surface area contributed by atoms with Crippen LogP contribution in [0.1, 0.15) is 45.4 Å². The third-order valence-electron chi connectivity index (χ3n) is 2.12. The predicted octanol–water partition coefficient (Wildman–Crippen LogP) is 1.18. The number of rotatable bonds is 9. The fourth-order valence-electron chi connectivity index (χ4n) is 1.34. The fourth-order valence-corrected chi connectivity index (χ4v) is 1.94. The summed E-state index contributed by atoms with van der Waals surface area (Å²) in [5.41, 5.74) is 0. The summed E-state index contributed by atoms with van der Waals surface area (Å²) >= 11 is 0. The van der Waals surface area contributed by atoms with Crippen molar-refractivity contribution in [3.63, 3.8) is 0 Å². The second-order valence-electron chi connectivity index (χ2n) is 3.69. The number of ether oxygens (including phenoxy) is 1. The predicted molar refractivity (Wildman–Crippen MR) is 62.3 cm³/mol. The number of unbranched alkanes of at least 4 members (excludes halogenated alkanes) is 4. The lowest BCUT2D eigenvalue weighted by Gasteiger charge is -2.02. The zero-order valence-electron chi connectivity index (χ0n) is 9.78. The first-order valence-electron chi connectivity index (χ1n) is 5.62. The largest absolute Gasteiger partial charge is 0.466 e. The van der Waals surface area contributed by atoms with Gasteiger partial charge in [0.25, 0.3) is 0 Å². The van der Waals surface area contributed by atoms with E-state index in [0.29, 0.717) is 19.4 Å². The van der Waals surface area contributed by atoms with Crippen molar-refractivity contribution >= 4 is 16.0 Å². The van der Waals surface area contributed by atoms with Crippen LogP contribution < -0.4 is 5.14 Å². The van der Waals surface area contributed by atoms with Gasteiger partial charge in [-0.15, -0.1) is 0 Å². The van der Waals surface area contributed by atoms with E-state index in [1.54, 1.807) is 6.92 Å². The molecule has 16 heavy (non-hydrogen) atoms. The van der Waals surface area contributed by atoms with E-state index in [0.717, 1.165) is 25.7 Å². The number of carbonyl (C=O) groups excluding carboxylic acids is 1. The first-order chi connectivity index (χ1) is 7.45. The van der Waals surface area contributed by atoms with Crippen molar-refractivity contribution in [1.29, 1.82) is 0 Å². The van der Waals surface area contributed by atoms with E-state index in [-0.39, 0.29) is 11.7 Å². The van der Waals surface area contributed by atoms with Gasteiger partial charge in [-0.05, 0) is 19.8 Å². The Morgan fingerprint density at radius 3 is 2.25 bits per heavy atom. The first kappa shape index (κ1) is 15.4. The van der Waals surface area contributed by atoms with Gasteiger partial charge in [-0.2, -0.15) is 0 Å². The lowest BCUT2D eigenvalue weighted by Crippen LogP contribution is -2.16. The Hall–Kier alpha value is -0.620. The highest BCUT2D eigenvalue weighted by Gasteiger charge is 2.03. The maximum absolute atomic E-state index is 10.9. The number of hydrogen-bond donors (Lipinski definition) is 1. The summed E-state index contributed by atoms with van der Waals surface area (Å²) in [6.07, 6.45) is 4.52. The average molecular weight is 251 g/mol. The van der Waals surface area contributed by atoms with Crippen LogP contribution in [0.4, 0.5) is 0 Å². The van der Waals surface area contributed by atoms with Crippen LogP contribution >= 0.6 is 0 Å². The van der Waals surface area contributed by atoms with Crippen LogP contribution in [0.5, 0.6) is 0 Å². The number of sulfonamides is 1. The molecule has 0 amide bonds. The molecule has 0 unspecified atom stereocenters. The minimum atomic E-state index is -3.31. The third-order valence-corrected chi connectivity index (χ3v) is 2.97. The van der Waals surface area contributed by atoms with Crippen molar-refractivity contribution in [3.05, 3.63) is 0 Å². The average Bonchev–Trinajstić information content (AvgIpc) is 2.15. The van der Waals surface area contributed by atoms with E-state index in [4.69, 9.17) is 9.88 Å². The van der Waals surface area contributed by atoms with Crippen molar-refractivity contribution in [1.82, 2.24) is 0 Å². The van der Waals surface area contributed by atoms with Gasteiger partial charge in [0.1, 0.15) is 0 Å². The van der Waals surface area contributed by atoms with Crippen molar-refractivity contribution < 1.29 is 17.9 Å². The molecular weight excluding hydrogens is 230 g/mol. The Kier molecular flexibility index (Phi) is 8.19. The lowest BCUT2D eigenvalue weighted by molar-refractivity contribution is -0.143. The molecule has 6 heteroatoms. The molecule has 0 spiro atoms. The maximum atomic E-state index is 10.9. The molecule has 0 aromatic heterocycles. The van der Waals surface area contributed by atoms with Crippen LogP contribution in [0, 0.1) is 0 Å². The third kappa shape index (κ3) is 11.5. The zero-order chi connectivity index (χ0) is 12.4. The van der Waals surface area contributed by atoms with Gasteiger partial charge in [0.05, 0.1) is 12.4 Å². The monoisotopic (exact) mass is 251 g/mol. The Bertz CT molecular complexity index is 287. The molecule has 0 bridgehead atoms. The SMILES string of the molecule is CCOC(=O)CCCCCCCS(N)(=O)=O. The summed E-state index contributed by atoms with van der Waals surface area (Å²) in [5, 5.41) is 4.86. The number of hydrogen-bond acceptors (Lipinski definition) is 4. The molecule has 0 aliphatic heterocycles. The summed E-state index contributed by atoms with van der Waals surface area (Å²) in [7, 11) is -3.31. The molecule has 0 saturated carbocycles. The summed E-state index contributed by atoms with van der Waals surface area (Å²) in [6, 6.07) is 0. The van der Waals surface area contributed by atoms with E-state index in [1.807, 2.05) is 0 Å². The van der Waals surface area contributed by atoms with E-state index in [1.165, 1.54) is 0 Å². The molecule has 5 nitrogen and oxygen atoms in total. The van der Waals surface area contributed by atoms with Crippen molar-refractivity contribution in [2.45, 2.75) is 45.4 Å². The summed E-state index contributed by atoms with van der Waals surface area (Å²) in [4.78, 5) is 10.9. The highest BCUT2D eigenvalue weighted by Crippen LogP contribution is 2.06. The molecule has 0 rings (SSSR count). The highest BCUT2D eigenvalue weighted by molar-refractivity contribution is 7.89. The Morgan fingerprint density at radius 1 is 1.12 bits per heavy atom. The Labute approximate surface area is 97.4 Å². The standard InChI is InChI=1S/C10H21NO4S/c1-2-15-10(12)8-6-4-3-5-7-9-16(11,13)14/h2-9H2,1H3,(H2,11,13,14). The number of carbonyl (C=O) groups is 1. The van der Waals surface area contributed by atoms with Gasteiger partial charge in [-0.25, -0.2) is 13.6 Å². The second-order valence-corrected chi connectivity index (χ2v) is 5.42. The van der Waals surface area contributed by atoms with Crippen LogP contribution in [-0.2, 0) is 19.6 Å². The molecule has 0 atom stereocenters. The summed E-state index contributed by atoms with van der Waals surface area (Å²) in [6.45, 7) is 2.21. The van der Waals surface area contributed by atoms with Gasteiger partial charge in [0.15, 0.2) is 0 Å². The van der Waals surface area contributed by atoms with Crippen LogP contribution in [0.15, 0.2) is 0 Å². The van der Waals surface area contributed by atoms with Crippen LogP contribution in [-0.4, -0.2) is 26.7 Å². The molecular formula is C10H21NO4S. The molecule has 0 saturated heterocycles. The summed E-state index contributed by atoms with van der Waals surface area (Å²) < 4.78 is 26.0. The Morgan fingerprint density at radius 2 is 1.69 bits per heavy atom. The van der Waals surface area contributed by atoms with E-state index < -0.39 is 10.0 Å². The highest BCUT2D eigenvalue weighted by atomic mass is 32.2. The molecule has 0 radical (unpaired) electrons. The second kappa shape index (κ2) is 8.52. The van der Waals surface area contributed by atoms with Crippen molar-refractivity contribution in [2.24, 2.45) is 5.14 Å². The fraction of sp³-hybridized carbons (Fsp3) is 0.900.